The van der Waals surface area contributed by atoms with Crippen LogP contribution in [0.1, 0.15) is 22.8 Å². The molecule has 5 nitrogen and oxygen atoms in total. The van der Waals surface area contributed by atoms with Crippen molar-refractivity contribution in [2.45, 2.75) is 13.8 Å². The van der Waals surface area contributed by atoms with Crippen molar-refractivity contribution in [2.24, 2.45) is 0 Å². The molecule has 0 saturated heterocycles. The van der Waals surface area contributed by atoms with Crippen LogP contribution in [0.3, 0.4) is 0 Å². The van der Waals surface area contributed by atoms with Crippen LogP contribution in [0.2, 0.25) is 0 Å². The van der Waals surface area contributed by atoms with Crippen molar-refractivity contribution < 1.29 is 14.3 Å². The fraction of sp³-hybridized carbons (Fsp3) is 0.286. The molecular weight excluding hydrogens is 246 g/mol. The number of nitrogens with one attached hydrogen (secondary N) is 1. The Hall–Kier alpha value is -2.30. The van der Waals surface area contributed by atoms with E-state index in [1.165, 1.54) is 13.3 Å². The molecule has 0 amide bonds. The number of aromatic nitrogens is 1. The van der Waals surface area contributed by atoms with Crippen molar-refractivity contribution in [1.29, 1.82) is 0 Å². The molecular formula is C14H15NO4. The fourth-order valence-corrected chi connectivity index (χ4v) is 1.97. The summed E-state index contributed by atoms with van der Waals surface area (Å²) in [7, 11) is 1.49. The van der Waals surface area contributed by atoms with Gasteiger partial charge in [0, 0.05) is 6.20 Å². The van der Waals surface area contributed by atoms with Crippen molar-refractivity contribution in [1.82, 2.24) is 4.98 Å². The Balaban J connectivity index is 2.77. The summed E-state index contributed by atoms with van der Waals surface area (Å²) < 4.78 is 10.0. The minimum absolute atomic E-state index is 0.0155. The number of esters is 1. The predicted molar refractivity (Wildman–Crippen MR) is 71.8 cm³/mol. The lowest BCUT2D eigenvalue weighted by molar-refractivity contribution is 0.0524. The van der Waals surface area contributed by atoms with Crippen LogP contribution >= 0.6 is 0 Å². The Morgan fingerprint density at radius 3 is 2.74 bits per heavy atom. The van der Waals surface area contributed by atoms with Gasteiger partial charge in [0.05, 0.1) is 24.6 Å². The molecule has 5 heteroatoms. The second-order valence-electron chi connectivity index (χ2n) is 4.09. The van der Waals surface area contributed by atoms with Gasteiger partial charge in [-0.2, -0.15) is 0 Å². The van der Waals surface area contributed by atoms with Crippen molar-refractivity contribution in [3.05, 3.63) is 39.7 Å². The molecule has 2 rings (SSSR count). The van der Waals surface area contributed by atoms with Gasteiger partial charge >= 0.3 is 5.97 Å². The van der Waals surface area contributed by atoms with Gasteiger partial charge in [-0.3, -0.25) is 4.79 Å². The van der Waals surface area contributed by atoms with E-state index in [-0.39, 0.29) is 17.6 Å². The van der Waals surface area contributed by atoms with Crippen LogP contribution in [-0.2, 0) is 4.74 Å². The normalized spacial score (nSPS) is 10.5. The third kappa shape index (κ3) is 2.19. The van der Waals surface area contributed by atoms with Gasteiger partial charge in [-0.25, -0.2) is 4.79 Å². The molecule has 1 N–H and O–H groups in total. The zero-order valence-electron chi connectivity index (χ0n) is 11.1. The number of ether oxygens (including phenoxy) is 2. The molecule has 0 radical (unpaired) electrons. The summed E-state index contributed by atoms with van der Waals surface area (Å²) in [6, 6.07) is 3.56. The second kappa shape index (κ2) is 5.14. The molecule has 0 fully saturated rings. The first-order valence-electron chi connectivity index (χ1n) is 5.96. The van der Waals surface area contributed by atoms with Crippen LogP contribution in [0.5, 0.6) is 5.75 Å². The fourth-order valence-electron chi connectivity index (χ4n) is 1.97. The van der Waals surface area contributed by atoms with Crippen LogP contribution in [0.4, 0.5) is 0 Å². The molecule has 0 atom stereocenters. The number of carbonyl (C=O) groups excluding carboxylic acids is 1. The van der Waals surface area contributed by atoms with Crippen molar-refractivity contribution >= 4 is 16.9 Å². The molecule has 0 bridgehead atoms. The molecule has 0 aliphatic carbocycles. The first-order valence-corrected chi connectivity index (χ1v) is 5.96. The van der Waals surface area contributed by atoms with E-state index in [0.29, 0.717) is 16.7 Å². The van der Waals surface area contributed by atoms with Gasteiger partial charge in [0.1, 0.15) is 11.3 Å². The average molecular weight is 261 g/mol. The van der Waals surface area contributed by atoms with E-state index in [1.54, 1.807) is 13.0 Å². The third-order valence-corrected chi connectivity index (χ3v) is 2.92. The Labute approximate surface area is 110 Å². The second-order valence-corrected chi connectivity index (χ2v) is 4.09. The number of hydrogen-bond acceptors (Lipinski definition) is 4. The number of rotatable bonds is 3. The summed E-state index contributed by atoms with van der Waals surface area (Å²) in [6.07, 6.45) is 1.38. The third-order valence-electron chi connectivity index (χ3n) is 2.92. The molecule has 0 saturated carbocycles. The molecule has 19 heavy (non-hydrogen) atoms. The maximum Gasteiger partial charge on any atom is 0.343 e. The number of pyridine rings is 1. The minimum atomic E-state index is -0.630. The van der Waals surface area contributed by atoms with Crippen LogP contribution in [-0.4, -0.2) is 24.7 Å². The van der Waals surface area contributed by atoms with E-state index in [4.69, 9.17) is 9.47 Å². The lowest BCUT2D eigenvalue weighted by Gasteiger charge is -2.09. The van der Waals surface area contributed by atoms with Crippen LogP contribution in [0.25, 0.3) is 10.9 Å². The highest BCUT2D eigenvalue weighted by molar-refractivity contribution is 5.96. The molecule has 1 heterocycles. The van der Waals surface area contributed by atoms with Gasteiger partial charge < -0.3 is 14.5 Å². The highest BCUT2D eigenvalue weighted by Crippen LogP contribution is 2.24. The van der Waals surface area contributed by atoms with Crippen LogP contribution in [0.15, 0.2) is 23.1 Å². The summed E-state index contributed by atoms with van der Waals surface area (Å²) in [4.78, 5) is 27.0. The molecule has 0 spiro atoms. The zero-order chi connectivity index (χ0) is 14.0. The SMILES string of the molecule is CCOC(=O)c1c[nH]c2c(C)ccc(OC)c2c1=O. The number of benzene rings is 1. The molecule has 1 aromatic heterocycles. The van der Waals surface area contributed by atoms with Gasteiger partial charge in [0.15, 0.2) is 0 Å². The van der Waals surface area contributed by atoms with E-state index in [9.17, 15) is 9.59 Å². The summed E-state index contributed by atoms with van der Waals surface area (Å²) in [5.41, 5.74) is 1.17. The Morgan fingerprint density at radius 1 is 1.37 bits per heavy atom. The molecule has 100 valence electrons. The maximum absolute atomic E-state index is 12.4. The Morgan fingerprint density at radius 2 is 2.11 bits per heavy atom. The van der Waals surface area contributed by atoms with Gasteiger partial charge in [0.25, 0.3) is 0 Å². The van der Waals surface area contributed by atoms with Crippen LogP contribution in [0, 0.1) is 6.92 Å². The van der Waals surface area contributed by atoms with E-state index >= 15 is 0 Å². The monoisotopic (exact) mass is 261 g/mol. The number of carbonyl (C=O) groups is 1. The van der Waals surface area contributed by atoms with Crippen molar-refractivity contribution in [3.8, 4) is 5.75 Å². The van der Waals surface area contributed by atoms with Gasteiger partial charge in [-0.1, -0.05) is 6.07 Å². The zero-order valence-corrected chi connectivity index (χ0v) is 11.1. The molecule has 0 aliphatic heterocycles. The van der Waals surface area contributed by atoms with E-state index in [2.05, 4.69) is 4.98 Å². The van der Waals surface area contributed by atoms with Crippen molar-refractivity contribution in [3.63, 3.8) is 0 Å². The maximum atomic E-state index is 12.4. The molecule has 0 aliphatic rings. The average Bonchev–Trinajstić information content (AvgIpc) is 2.40. The topological polar surface area (TPSA) is 68.4 Å². The first-order chi connectivity index (χ1) is 9.10. The van der Waals surface area contributed by atoms with Crippen molar-refractivity contribution in [2.75, 3.05) is 13.7 Å². The van der Waals surface area contributed by atoms with Gasteiger partial charge in [0.2, 0.25) is 5.43 Å². The summed E-state index contributed by atoms with van der Waals surface area (Å²) in [6.45, 7) is 3.79. The number of aryl methyl sites for hydroxylation is 1. The molecule has 0 unspecified atom stereocenters. The number of methoxy groups -OCH3 is 1. The minimum Gasteiger partial charge on any atom is -0.496 e. The first kappa shape index (κ1) is 13.1. The van der Waals surface area contributed by atoms with E-state index in [0.717, 1.165) is 5.56 Å². The smallest absolute Gasteiger partial charge is 0.343 e. The summed E-state index contributed by atoms with van der Waals surface area (Å²) in [5, 5.41) is 0.369. The highest BCUT2D eigenvalue weighted by Gasteiger charge is 2.17. The predicted octanol–water partition coefficient (Wildman–Crippen LogP) is 2.02. The van der Waals surface area contributed by atoms with E-state index in [1.807, 2.05) is 13.0 Å². The summed E-state index contributed by atoms with van der Waals surface area (Å²) in [5.74, 6) is -0.192. The van der Waals surface area contributed by atoms with Gasteiger partial charge in [-0.05, 0) is 25.5 Å². The Bertz CT molecular complexity index is 688. The number of aromatic amines is 1. The Kier molecular flexibility index (Phi) is 3.55. The standard InChI is InChI=1S/C14H15NO4/c1-4-19-14(17)9-7-15-12-8(2)5-6-10(18-3)11(12)13(9)16/h5-7H,4H2,1-3H3,(H,15,16). The van der Waals surface area contributed by atoms with E-state index < -0.39 is 5.97 Å². The number of H-pyrrole nitrogens is 1. The highest BCUT2D eigenvalue weighted by atomic mass is 16.5. The largest absolute Gasteiger partial charge is 0.496 e. The number of fused-ring (bicyclic) bond motifs is 1. The van der Waals surface area contributed by atoms with Gasteiger partial charge in [-0.15, -0.1) is 0 Å². The quantitative estimate of drug-likeness (QED) is 0.858. The molecule has 2 aromatic rings. The lowest BCUT2D eigenvalue weighted by Crippen LogP contribution is -2.18. The number of hydrogen-bond donors (Lipinski definition) is 1. The van der Waals surface area contributed by atoms with Crippen LogP contribution < -0.4 is 10.2 Å². The molecule has 1 aromatic carbocycles. The summed E-state index contributed by atoms with van der Waals surface area (Å²) >= 11 is 0. The lowest BCUT2D eigenvalue weighted by atomic mass is 10.1.